The number of anilines is 1. The molecule has 0 unspecified atom stereocenters. The second-order valence-electron chi connectivity index (χ2n) is 10.6. The minimum Gasteiger partial charge on any atom is -0.484 e. The van der Waals surface area contributed by atoms with Gasteiger partial charge in [0, 0.05) is 25.1 Å². The molecule has 0 saturated carbocycles. The molecule has 1 aliphatic carbocycles. The van der Waals surface area contributed by atoms with Crippen LogP contribution in [-0.2, 0) is 32.6 Å². The number of amides is 2. The molecule has 0 spiro atoms. The molecular formula is C28H30F4N2O5. The molecule has 11 heteroatoms. The number of carboxylic acid groups (broad SMARTS) is 1. The first-order valence-electron chi connectivity index (χ1n) is 12.7. The van der Waals surface area contributed by atoms with Gasteiger partial charge in [-0.3, -0.25) is 14.4 Å². The van der Waals surface area contributed by atoms with Crippen LogP contribution in [0.1, 0.15) is 67.8 Å². The highest BCUT2D eigenvalue weighted by Crippen LogP contribution is 2.41. The van der Waals surface area contributed by atoms with Gasteiger partial charge in [-0.15, -0.1) is 0 Å². The third kappa shape index (κ3) is 6.51. The highest BCUT2D eigenvalue weighted by Gasteiger charge is 2.37. The summed E-state index contributed by atoms with van der Waals surface area (Å²) in [5.41, 5.74) is 2.29. The molecule has 39 heavy (non-hydrogen) atoms. The van der Waals surface area contributed by atoms with Crippen LogP contribution in [0.4, 0.5) is 23.2 Å². The summed E-state index contributed by atoms with van der Waals surface area (Å²) < 4.78 is 57.7. The fourth-order valence-corrected chi connectivity index (χ4v) is 5.42. The number of nitrogens with one attached hydrogen (secondary N) is 1. The van der Waals surface area contributed by atoms with Gasteiger partial charge in [0.25, 0.3) is 5.91 Å². The predicted molar refractivity (Wildman–Crippen MR) is 134 cm³/mol. The molecule has 0 fully saturated rings. The number of carboxylic acids is 1. The molecule has 1 heterocycles. The summed E-state index contributed by atoms with van der Waals surface area (Å²) in [6.45, 7) is 2.54. The number of halogens is 4. The van der Waals surface area contributed by atoms with Crippen molar-refractivity contribution in [2.75, 3.05) is 18.5 Å². The van der Waals surface area contributed by atoms with E-state index in [0.717, 1.165) is 12.0 Å². The summed E-state index contributed by atoms with van der Waals surface area (Å²) in [7, 11) is 0. The van der Waals surface area contributed by atoms with Crippen LogP contribution in [0.2, 0.25) is 0 Å². The molecule has 2 aromatic rings. The summed E-state index contributed by atoms with van der Waals surface area (Å²) in [4.78, 5) is 38.9. The maximum absolute atomic E-state index is 15.0. The standard InChI is InChI=1S/C28H30F4N2O5/c1-27(2)10-8-17-12-18(14-21(29)24(17)27)33-26(38)25-20-7-6-19(39-15-28(30,31)32)13-16(20)9-11-34(25)22(35)4-3-5-23(36)37/h6-7,12-14,25H,3-5,8-11,15H2,1-2H3,(H,33,38)(H,36,37)/t25-/m1/s1. The Hall–Kier alpha value is -3.63. The number of benzene rings is 2. The van der Waals surface area contributed by atoms with Crippen LogP contribution < -0.4 is 10.1 Å². The van der Waals surface area contributed by atoms with E-state index in [1.165, 1.54) is 29.2 Å². The fourth-order valence-electron chi connectivity index (χ4n) is 5.42. The Kier molecular flexibility index (Phi) is 7.90. The number of hydrogen-bond donors (Lipinski definition) is 2. The van der Waals surface area contributed by atoms with Crippen molar-refractivity contribution in [2.24, 2.45) is 0 Å². The van der Waals surface area contributed by atoms with Crippen molar-refractivity contribution in [2.45, 2.75) is 70.0 Å². The van der Waals surface area contributed by atoms with E-state index >= 15 is 4.39 Å². The van der Waals surface area contributed by atoms with Gasteiger partial charge in [-0.05, 0) is 77.6 Å². The van der Waals surface area contributed by atoms with Crippen molar-refractivity contribution in [1.29, 1.82) is 0 Å². The quantitative estimate of drug-likeness (QED) is 0.435. The monoisotopic (exact) mass is 550 g/mol. The summed E-state index contributed by atoms with van der Waals surface area (Å²) in [5, 5.41) is 11.6. The van der Waals surface area contributed by atoms with E-state index in [-0.39, 0.29) is 49.1 Å². The molecule has 4 rings (SSSR count). The molecule has 0 radical (unpaired) electrons. The lowest BCUT2D eigenvalue weighted by Crippen LogP contribution is -2.45. The van der Waals surface area contributed by atoms with Crippen LogP contribution in [0.3, 0.4) is 0 Å². The fraction of sp³-hybridized carbons (Fsp3) is 0.464. The van der Waals surface area contributed by atoms with Gasteiger partial charge in [-0.25, -0.2) is 4.39 Å². The average Bonchev–Trinajstić information content (AvgIpc) is 3.15. The summed E-state index contributed by atoms with van der Waals surface area (Å²) in [6.07, 6.45) is -3.05. The number of nitrogens with zero attached hydrogens (tertiary/aromatic N) is 1. The zero-order chi connectivity index (χ0) is 28.5. The first-order valence-corrected chi connectivity index (χ1v) is 12.7. The van der Waals surface area contributed by atoms with Gasteiger partial charge in [0.2, 0.25) is 5.91 Å². The molecule has 0 bridgehead atoms. The normalized spacial score (nSPS) is 17.8. The van der Waals surface area contributed by atoms with E-state index < -0.39 is 42.4 Å². The van der Waals surface area contributed by atoms with Gasteiger partial charge in [-0.1, -0.05) is 19.9 Å². The van der Waals surface area contributed by atoms with E-state index in [2.05, 4.69) is 5.32 Å². The number of hydrogen-bond acceptors (Lipinski definition) is 4. The Morgan fingerprint density at radius 2 is 1.85 bits per heavy atom. The van der Waals surface area contributed by atoms with Crippen LogP contribution in [0, 0.1) is 5.82 Å². The topological polar surface area (TPSA) is 95.9 Å². The number of carbonyl (C=O) groups is 3. The lowest BCUT2D eigenvalue weighted by atomic mass is 9.86. The summed E-state index contributed by atoms with van der Waals surface area (Å²) >= 11 is 0. The third-order valence-electron chi connectivity index (χ3n) is 7.23. The third-order valence-corrected chi connectivity index (χ3v) is 7.23. The van der Waals surface area contributed by atoms with Crippen molar-refractivity contribution in [3.05, 3.63) is 58.4 Å². The SMILES string of the molecule is CC1(C)CCc2cc(NC(=O)[C@H]3c4ccc(OCC(F)(F)F)cc4CCN3C(=O)CCCC(=O)O)cc(F)c21. The lowest BCUT2D eigenvalue weighted by Gasteiger charge is -2.36. The van der Waals surface area contributed by atoms with Gasteiger partial charge in [0.1, 0.15) is 17.6 Å². The van der Waals surface area contributed by atoms with Crippen molar-refractivity contribution in [3.8, 4) is 5.75 Å². The van der Waals surface area contributed by atoms with E-state index in [1.54, 1.807) is 6.07 Å². The van der Waals surface area contributed by atoms with Gasteiger partial charge >= 0.3 is 12.1 Å². The molecule has 2 amide bonds. The van der Waals surface area contributed by atoms with Crippen LogP contribution in [0.5, 0.6) is 5.75 Å². The molecule has 2 aliphatic rings. The van der Waals surface area contributed by atoms with E-state index in [0.29, 0.717) is 23.1 Å². The second kappa shape index (κ2) is 10.9. The van der Waals surface area contributed by atoms with Crippen molar-refractivity contribution in [1.82, 2.24) is 4.90 Å². The molecule has 0 aromatic heterocycles. The first-order chi connectivity index (χ1) is 18.2. The highest BCUT2D eigenvalue weighted by molar-refractivity contribution is 5.98. The second-order valence-corrected chi connectivity index (χ2v) is 10.6. The van der Waals surface area contributed by atoms with E-state index in [4.69, 9.17) is 9.84 Å². The number of carbonyl (C=O) groups excluding carboxylic acids is 2. The van der Waals surface area contributed by atoms with Crippen LogP contribution in [-0.4, -0.2) is 47.1 Å². The smallest absolute Gasteiger partial charge is 0.422 e. The highest BCUT2D eigenvalue weighted by atomic mass is 19.4. The molecule has 7 nitrogen and oxygen atoms in total. The molecule has 2 aromatic carbocycles. The Morgan fingerprint density at radius 1 is 1.10 bits per heavy atom. The van der Waals surface area contributed by atoms with Crippen molar-refractivity contribution >= 4 is 23.5 Å². The number of aryl methyl sites for hydroxylation is 1. The molecular weight excluding hydrogens is 520 g/mol. The van der Waals surface area contributed by atoms with Gasteiger partial charge in [0.05, 0.1) is 0 Å². The molecule has 0 saturated heterocycles. The Bertz CT molecular complexity index is 1290. The number of fused-ring (bicyclic) bond motifs is 2. The number of rotatable bonds is 8. The largest absolute Gasteiger partial charge is 0.484 e. The Morgan fingerprint density at radius 3 is 2.54 bits per heavy atom. The van der Waals surface area contributed by atoms with Crippen LogP contribution in [0.25, 0.3) is 0 Å². The Labute approximate surface area is 223 Å². The van der Waals surface area contributed by atoms with Crippen molar-refractivity contribution in [3.63, 3.8) is 0 Å². The summed E-state index contributed by atoms with van der Waals surface area (Å²) in [5.74, 6) is -2.53. The molecule has 1 aliphatic heterocycles. The van der Waals surface area contributed by atoms with E-state index in [1.807, 2.05) is 13.8 Å². The lowest BCUT2D eigenvalue weighted by molar-refractivity contribution is -0.153. The average molecular weight is 551 g/mol. The predicted octanol–water partition coefficient (Wildman–Crippen LogP) is 5.31. The maximum Gasteiger partial charge on any atom is 0.422 e. The van der Waals surface area contributed by atoms with Crippen LogP contribution in [0.15, 0.2) is 30.3 Å². The number of aliphatic carboxylic acids is 1. The van der Waals surface area contributed by atoms with Gasteiger partial charge in [-0.2, -0.15) is 13.2 Å². The van der Waals surface area contributed by atoms with Crippen molar-refractivity contribution < 1.29 is 41.8 Å². The van der Waals surface area contributed by atoms with Gasteiger partial charge in [0.15, 0.2) is 6.61 Å². The minimum absolute atomic E-state index is 0.0187. The van der Waals surface area contributed by atoms with Crippen LogP contribution >= 0.6 is 0 Å². The Balaban J connectivity index is 1.62. The molecule has 210 valence electrons. The first kappa shape index (κ1) is 28.4. The van der Waals surface area contributed by atoms with E-state index in [9.17, 15) is 27.6 Å². The molecule has 2 N–H and O–H groups in total. The van der Waals surface area contributed by atoms with Gasteiger partial charge < -0.3 is 20.1 Å². The zero-order valence-electron chi connectivity index (χ0n) is 21.7. The number of alkyl halides is 3. The molecule has 1 atom stereocenters. The zero-order valence-corrected chi connectivity index (χ0v) is 21.7. The number of ether oxygens (including phenoxy) is 1. The summed E-state index contributed by atoms with van der Waals surface area (Å²) in [6, 6.07) is 6.01. The maximum atomic E-state index is 15.0. The minimum atomic E-state index is -4.52.